The minimum Gasteiger partial charge on any atom is -0.379 e. The first-order valence-electron chi connectivity index (χ1n) is 11.7. The lowest BCUT2D eigenvalue weighted by Crippen LogP contribution is -2.49. The van der Waals surface area contributed by atoms with Crippen LogP contribution < -0.4 is 15.4 Å². The molecule has 1 N–H and O–H groups in total. The number of carbonyl (C=O) groups excluding carboxylic acids is 1. The van der Waals surface area contributed by atoms with Gasteiger partial charge in [0.15, 0.2) is 0 Å². The Bertz CT molecular complexity index is 1070. The summed E-state index contributed by atoms with van der Waals surface area (Å²) in [7, 11) is 0. The van der Waals surface area contributed by atoms with Gasteiger partial charge in [-0.05, 0) is 31.9 Å². The van der Waals surface area contributed by atoms with E-state index in [1.165, 1.54) is 6.07 Å². The largest absolute Gasteiger partial charge is 0.417 e. The van der Waals surface area contributed by atoms with E-state index in [9.17, 15) is 22.8 Å². The molecular formula is C23H29F3N6O3. The number of aromatic nitrogens is 3. The Hall–Kier alpha value is -3.15. The first kappa shape index (κ1) is 25.0. The molecule has 2 aliphatic rings. The van der Waals surface area contributed by atoms with Crippen LogP contribution in [0.3, 0.4) is 0 Å². The average molecular weight is 495 g/mol. The highest BCUT2D eigenvalue weighted by Crippen LogP contribution is 2.29. The number of amides is 1. The second-order valence-electron chi connectivity index (χ2n) is 8.79. The van der Waals surface area contributed by atoms with Gasteiger partial charge in [-0.1, -0.05) is 0 Å². The van der Waals surface area contributed by atoms with Gasteiger partial charge in [-0.3, -0.25) is 9.59 Å². The third kappa shape index (κ3) is 5.92. The molecule has 1 amide bonds. The lowest BCUT2D eigenvalue weighted by molar-refractivity contribution is -0.138. The zero-order chi connectivity index (χ0) is 25.0. The highest BCUT2D eigenvalue weighted by Gasteiger charge is 2.31. The van der Waals surface area contributed by atoms with Crippen molar-refractivity contribution < 1.29 is 22.7 Å². The lowest BCUT2D eigenvalue weighted by Gasteiger charge is -2.35. The maximum atomic E-state index is 12.7. The third-order valence-corrected chi connectivity index (χ3v) is 6.57. The highest BCUT2D eigenvalue weighted by molar-refractivity contribution is 5.76. The van der Waals surface area contributed by atoms with Crippen molar-refractivity contribution in [2.45, 2.75) is 38.4 Å². The van der Waals surface area contributed by atoms with Crippen LogP contribution >= 0.6 is 0 Å². The number of halogens is 3. The predicted octanol–water partition coefficient (Wildman–Crippen LogP) is 2.22. The smallest absolute Gasteiger partial charge is 0.379 e. The molecule has 4 rings (SSSR count). The van der Waals surface area contributed by atoms with Gasteiger partial charge in [0.05, 0.1) is 43.1 Å². The fourth-order valence-corrected chi connectivity index (χ4v) is 4.53. The van der Waals surface area contributed by atoms with E-state index in [-0.39, 0.29) is 23.9 Å². The monoisotopic (exact) mass is 494 g/mol. The van der Waals surface area contributed by atoms with E-state index < -0.39 is 11.7 Å². The third-order valence-electron chi connectivity index (χ3n) is 6.57. The SMILES string of the molecule is Cc1c(N2CCC[C@H]2COCCC(=O)N2CCN(c3ccc(C(F)(F)F)cn3)CC2)cn[nH]c1=O. The van der Waals surface area contributed by atoms with Gasteiger partial charge in [-0.2, -0.15) is 18.3 Å². The molecule has 2 aromatic heterocycles. The molecule has 2 saturated heterocycles. The van der Waals surface area contributed by atoms with Crippen LogP contribution in [0.25, 0.3) is 0 Å². The van der Waals surface area contributed by atoms with Crippen LogP contribution in [-0.2, 0) is 15.7 Å². The summed E-state index contributed by atoms with van der Waals surface area (Å²) in [5.41, 5.74) is 0.470. The van der Waals surface area contributed by atoms with Crippen LogP contribution in [-0.4, -0.2) is 78.0 Å². The number of hydrogen-bond acceptors (Lipinski definition) is 7. The Kier molecular flexibility index (Phi) is 7.58. The molecule has 0 aliphatic carbocycles. The molecule has 35 heavy (non-hydrogen) atoms. The molecule has 12 heteroatoms. The average Bonchev–Trinajstić information content (AvgIpc) is 3.31. The van der Waals surface area contributed by atoms with Gasteiger partial charge in [0.25, 0.3) is 5.56 Å². The van der Waals surface area contributed by atoms with E-state index in [0.717, 1.165) is 37.3 Å². The van der Waals surface area contributed by atoms with E-state index in [4.69, 9.17) is 4.74 Å². The Balaban J connectivity index is 1.19. The van der Waals surface area contributed by atoms with Gasteiger partial charge in [0, 0.05) is 44.5 Å². The number of piperazine rings is 1. The van der Waals surface area contributed by atoms with Crippen LogP contribution in [0.5, 0.6) is 0 Å². The van der Waals surface area contributed by atoms with Gasteiger partial charge >= 0.3 is 6.18 Å². The zero-order valence-corrected chi connectivity index (χ0v) is 19.6. The summed E-state index contributed by atoms with van der Waals surface area (Å²) in [6.07, 6.45) is 0.293. The highest BCUT2D eigenvalue weighted by atomic mass is 19.4. The van der Waals surface area contributed by atoms with Gasteiger partial charge in [-0.25, -0.2) is 10.1 Å². The fourth-order valence-electron chi connectivity index (χ4n) is 4.53. The molecule has 0 bridgehead atoms. The first-order valence-corrected chi connectivity index (χ1v) is 11.7. The molecule has 2 fully saturated rings. The van der Waals surface area contributed by atoms with Crippen molar-refractivity contribution >= 4 is 17.4 Å². The van der Waals surface area contributed by atoms with Crippen molar-refractivity contribution in [2.24, 2.45) is 0 Å². The predicted molar refractivity (Wildman–Crippen MR) is 123 cm³/mol. The van der Waals surface area contributed by atoms with Crippen LogP contribution in [0.1, 0.15) is 30.4 Å². The number of hydrogen-bond donors (Lipinski definition) is 1. The number of pyridine rings is 1. The van der Waals surface area contributed by atoms with Crippen LogP contribution in [0.2, 0.25) is 0 Å². The Labute approximate surface area is 200 Å². The van der Waals surface area contributed by atoms with Gasteiger partial charge in [0.1, 0.15) is 5.82 Å². The maximum absolute atomic E-state index is 12.7. The Morgan fingerprint density at radius 1 is 1.17 bits per heavy atom. The Morgan fingerprint density at radius 3 is 2.63 bits per heavy atom. The van der Waals surface area contributed by atoms with E-state index in [1.807, 2.05) is 4.90 Å². The summed E-state index contributed by atoms with van der Waals surface area (Å²) < 4.78 is 44.0. The van der Waals surface area contributed by atoms with E-state index >= 15 is 0 Å². The van der Waals surface area contributed by atoms with Crippen LogP contribution in [0.15, 0.2) is 29.3 Å². The number of H-pyrrole nitrogens is 1. The van der Waals surface area contributed by atoms with Crippen molar-refractivity contribution in [1.82, 2.24) is 20.1 Å². The van der Waals surface area contributed by atoms with Crippen molar-refractivity contribution in [3.8, 4) is 0 Å². The molecule has 0 radical (unpaired) electrons. The van der Waals surface area contributed by atoms with Gasteiger partial charge in [0.2, 0.25) is 5.91 Å². The Morgan fingerprint density at radius 2 is 1.94 bits per heavy atom. The number of nitrogens with one attached hydrogen (secondary N) is 1. The topological polar surface area (TPSA) is 94.7 Å². The molecule has 190 valence electrons. The van der Waals surface area contributed by atoms with E-state index in [0.29, 0.717) is 50.8 Å². The summed E-state index contributed by atoms with van der Waals surface area (Å²) in [5, 5.41) is 6.35. The molecule has 2 aromatic rings. The molecule has 0 unspecified atom stereocenters. The first-order chi connectivity index (χ1) is 16.7. The van der Waals surface area contributed by atoms with E-state index in [1.54, 1.807) is 18.0 Å². The minimum absolute atomic E-state index is 0.0112. The molecule has 4 heterocycles. The molecule has 0 spiro atoms. The standard InChI is InChI=1S/C23H29F3N6O3/c1-16-19(14-28-29-22(16)34)32-7-2-3-18(32)15-35-12-6-21(33)31-10-8-30(9-11-31)20-5-4-17(13-27-20)23(24,25)26/h4-5,13-14,18H,2-3,6-12,15H2,1H3,(H,29,34)/t18-/m0/s1. The van der Waals surface area contributed by atoms with Crippen molar-refractivity contribution in [3.05, 3.63) is 46.0 Å². The fraction of sp³-hybridized carbons (Fsp3) is 0.565. The van der Waals surface area contributed by atoms with Crippen LogP contribution in [0, 0.1) is 6.92 Å². The van der Waals surface area contributed by atoms with Gasteiger partial charge in [-0.15, -0.1) is 0 Å². The van der Waals surface area contributed by atoms with Crippen molar-refractivity contribution in [3.63, 3.8) is 0 Å². The molecule has 0 aromatic carbocycles. The summed E-state index contributed by atoms with van der Waals surface area (Å²) in [6, 6.07) is 2.52. The number of aromatic amines is 1. The number of carbonyl (C=O) groups is 1. The minimum atomic E-state index is -4.41. The quantitative estimate of drug-likeness (QED) is 0.590. The maximum Gasteiger partial charge on any atom is 0.417 e. The lowest BCUT2D eigenvalue weighted by atomic mass is 10.2. The molecule has 0 saturated carbocycles. The summed E-state index contributed by atoms with van der Waals surface area (Å²) in [6.45, 7) is 5.34. The number of nitrogens with zero attached hydrogens (tertiary/aromatic N) is 5. The van der Waals surface area contributed by atoms with Gasteiger partial charge < -0.3 is 19.4 Å². The van der Waals surface area contributed by atoms with E-state index in [2.05, 4.69) is 20.1 Å². The number of ether oxygens (including phenoxy) is 1. The number of alkyl halides is 3. The molecule has 9 nitrogen and oxygen atoms in total. The molecule has 1 atom stereocenters. The molecular weight excluding hydrogens is 465 g/mol. The zero-order valence-electron chi connectivity index (χ0n) is 19.6. The second kappa shape index (κ2) is 10.6. The van der Waals surface area contributed by atoms with Crippen LogP contribution in [0.4, 0.5) is 24.7 Å². The van der Waals surface area contributed by atoms with Crippen molar-refractivity contribution in [2.75, 3.05) is 55.7 Å². The summed E-state index contributed by atoms with van der Waals surface area (Å²) in [4.78, 5) is 34.2. The van der Waals surface area contributed by atoms with Crippen molar-refractivity contribution in [1.29, 1.82) is 0 Å². The number of rotatable bonds is 7. The molecule has 2 aliphatic heterocycles. The summed E-state index contributed by atoms with van der Waals surface area (Å²) in [5.74, 6) is 0.461. The number of anilines is 2. The normalized spacial score (nSPS) is 18.9. The summed E-state index contributed by atoms with van der Waals surface area (Å²) >= 11 is 0. The second-order valence-corrected chi connectivity index (χ2v) is 8.79.